The van der Waals surface area contributed by atoms with E-state index >= 15 is 0 Å². The number of hydrogen-bond donors (Lipinski definition) is 2. The summed E-state index contributed by atoms with van der Waals surface area (Å²) in [5, 5.41) is 8.57. The van der Waals surface area contributed by atoms with Gasteiger partial charge in [0, 0.05) is 29.5 Å². The maximum atomic E-state index is 12.7. The Bertz CT molecular complexity index is 1160. The Morgan fingerprint density at radius 1 is 1.14 bits per heavy atom. The molecule has 2 amide bonds. The van der Waals surface area contributed by atoms with Gasteiger partial charge >= 0.3 is 0 Å². The van der Waals surface area contributed by atoms with Crippen molar-refractivity contribution in [2.75, 3.05) is 5.32 Å². The zero-order valence-electron chi connectivity index (χ0n) is 14.9. The molecule has 0 bridgehead atoms. The van der Waals surface area contributed by atoms with Crippen LogP contribution in [0, 0.1) is 0 Å². The Kier molecular flexibility index (Phi) is 4.86. The van der Waals surface area contributed by atoms with Gasteiger partial charge in [-0.1, -0.05) is 12.1 Å². The molecule has 0 radical (unpaired) electrons. The van der Waals surface area contributed by atoms with E-state index in [1.807, 2.05) is 12.1 Å². The Morgan fingerprint density at radius 2 is 2.04 bits per heavy atom. The van der Waals surface area contributed by atoms with Crippen molar-refractivity contribution in [3.8, 4) is 11.5 Å². The molecule has 8 heteroatoms. The molecule has 0 aliphatic rings. The topological polar surface area (TPSA) is 97.1 Å². The van der Waals surface area contributed by atoms with E-state index in [4.69, 9.17) is 4.42 Å². The van der Waals surface area contributed by atoms with Crippen molar-refractivity contribution in [2.45, 2.75) is 13.5 Å². The lowest BCUT2D eigenvalue weighted by Gasteiger charge is -2.05. The van der Waals surface area contributed by atoms with Gasteiger partial charge in [-0.05, 0) is 30.3 Å². The third-order valence-electron chi connectivity index (χ3n) is 4.04. The molecule has 0 atom stereocenters. The zero-order valence-corrected chi connectivity index (χ0v) is 15.7. The number of rotatable bonds is 5. The summed E-state index contributed by atoms with van der Waals surface area (Å²) < 4.78 is 5.69. The van der Waals surface area contributed by atoms with Crippen LogP contribution >= 0.6 is 11.3 Å². The molecule has 28 heavy (non-hydrogen) atoms. The summed E-state index contributed by atoms with van der Waals surface area (Å²) in [5.74, 6) is 0.837. The van der Waals surface area contributed by atoms with Gasteiger partial charge in [0.25, 0.3) is 5.91 Å². The van der Waals surface area contributed by atoms with Crippen LogP contribution in [0.1, 0.15) is 23.0 Å². The molecule has 3 aromatic heterocycles. The van der Waals surface area contributed by atoms with Gasteiger partial charge in [-0.15, -0.1) is 11.3 Å². The number of aromatic nitrogens is 2. The molecule has 1 aromatic carbocycles. The highest BCUT2D eigenvalue weighted by molar-refractivity contribution is 7.14. The molecular weight excluding hydrogens is 376 g/mol. The van der Waals surface area contributed by atoms with E-state index < -0.39 is 0 Å². The summed E-state index contributed by atoms with van der Waals surface area (Å²) in [6, 6.07) is 12.7. The fourth-order valence-electron chi connectivity index (χ4n) is 2.73. The van der Waals surface area contributed by atoms with Gasteiger partial charge in [-0.3, -0.25) is 19.9 Å². The van der Waals surface area contributed by atoms with Crippen molar-refractivity contribution in [1.29, 1.82) is 0 Å². The van der Waals surface area contributed by atoms with E-state index in [1.165, 1.54) is 18.3 Å². The van der Waals surface area contributed by atoms with Crippen LogP contribution in [-0.4, -0.2) is 21.8 Å². The lowest BCUT2D eigenvalue weighted by molar-refractivity contribution is -0.119. The number of carbonyl (C=O) groups excluding carboxylic acids is 2. The summed E-state index contributed by atoms with van der Waals surface area (Å²) in [7, 11) is 0. The first-order valence-corrected chi connectivity index (χ1v) is 9.42. The molecule has 7 nitrogen and oxygen atoms in total. The van der Waals surface area contributed by atoms with Gasteiger partial charge in [-0.2, -0.15) is 0 Å². The summed E-state index contributed by atoms with van der Waals surface area (Å²) in [4.78, 5) is 32.4. The van der Waals surface area contributed by atoms with Gasteiger partial charge in [0.15, 0.2) is 10.9 Å². The van der Waals surface area contributed by atoms with Crippen LogP contribution in [0.2, 0.25) is 0 Å². The summed E-state index contributed by atoms with van der Waals surface area (Å²) in [6.07, 6.45) is 1.70. The largest absolute Gasteiger partial charge is 0.458 e. The number of carbonyl (C=O) groups is 2. The molecule has 0 unspecified atom stereocenters. The molecule has 3 heterocycles. The molecule has 2 N–H and O–H groups in total. The number of pyridine rings is 1. The number of anilines is 1. The minimum atomic E-state index is -0.245. The van der Waals surface area contributed by atoms with E-state index in [0.717, 1.165) is 10.9 Å². The Labute approximate surface area is 164 Å². The number of nitrogens with one attached hydrogen (secondary N) is 2. The first-order chi connectivity index (χ1) is 13.6. The van der Waals surface area contributed by atoms with Gasteiger partial charge in [0.1, 0.15) is 11.5 Å². The maximum Gasteiger partial charge on any atom is 0.258 e. The van der Waals surface area contributed by atoms with Crippen molar-refractivity contribution in [3.63, 3.8) is 0 Å². The van der Waals surface area contributed by atoms with Crippen molar-refractivity contribution in [3.05, 3.63) is 65.4 Å². The average molecular weight is 392 g/mol. The molecule has 0 fully saturated rings. The van der Waals surface area contributed by atoms with Crippen molar-refractivity contribution < 1.29 is 14.0 Å². The molecule has 0 aliphatic carbocycles. The SMILES string of the molecule is CC(=O)NCc1ccc(-c2csc(NC(=O)c3cccc4ncccc34)n2)o1. The van der Waals surface area contributed by atoms with Crippen LogP contribution in [0.4, 0.5) is 5.13 Å². The van der Waals surface area contributed by atoms with Gasteiger partial charge in [-0.25, -0.2) is 4.98 Å². The maximum absolute atomic E-state index is 12.7. The molecule has 4 rings (SSSR count). The number of furan rings is 1. The lowest BCUT2D eigenvalue weighted by atomic mass is 10.1. The first kappa shape index (κ1) is 17.9. The van der Waals surface area contributed by atoms with Crippen LogP contribution in [0.3, 0.4) is 0 Å². The highest BCUT2D eigenvalue weighted by Crippen LogP contribution is 2.27. The van der Waals surface area contributed by atoms with Crippen LogP contribution in [0.15, 0.2) is 58.5 Å². The van der Waals surface area contributed by atoms with E-state index in [-0.39, 0.29) is 11.8 Å². The third kappa shape index (κ3) is 3.77. The minimum Gasteiger partial charge on any atom is -0.458 e. The number of nitrogens with zero attached hydrogens (tertiary/aromatic N) is 2. The van der Waals surface area contributed by atoms with Crippen molar-refractivity contribution in [2.24, 2.45) is 0 Å². The standard InChI is InChI=1S/C20H16N4O3S/c1-12(25)22-10-13-7-8-18(27-13)17-11-28-20(23-17)24-19(26)15-4-2-6-16-14(15)5-3-9-21-16/h2-9,11H,10H2,1H3,(H,22,25)(H,23,24,26). The summed E-state index contributed by atoms with van der Waals surface area (Å²) in [6.45, 7) is 1.77. The minimum absolute atomic E-state index is 0.125. The van der Waals surface area contributed by atoms with Gasteiger partial charge < -0.3 is 9.73 Å². The van der Waals surface area contributed by atoms with Gasteiger partial charge in [0.2, 0.25) is 5.91 Å². The fraction of sp³-hybridized carbons (Fsp3) is 0.100. The number of benzene rings is 1. The van der Waals surface area contributed by atoms with Crippen molar-refractivity contribution >= 4 is 39.2 Å². The predicted octanol–water partition coefficient (Wildman–Crippen LogP) is 3.84. The quantitative estimate of drug-likeness (QED) is 0.538. The van der Waals surface area contributed by atoms with Crippen LogP contribution in [0.5, 0.6) is 0 Å². The number of amides is 2. The van der Waals surface area contributed by atoms with E-state index in [9.17, 15) is 9.59 Å². The number of thiazole rings is 1. The van der Waals surface area contributed by atoms with Crippen LogP contribution < -0.4 is 10.6 Å². The highest BCUT2D eigenvalue weighted by Gasteiger charge is 2.14. The second-order valence-electron chi connectivity index (χ2n) is 6.04. The number of hydrogen-bond acceptors (Lipinski definition) is 6. The van der Waals surface area contributed by atoms with Crippen molar-refractivity contribution in [1.82, 2.24) is 15.3 Å². The Hall–Kier alpha value is -3.52. The lowest BCUT2D eigenvalue weighted by Crippen LogP contribution is -2.18. The second-order valence-corrected chi connectivity index (χ2v) is 6.90. The third-order valence-corrected chi connectivity index (χ3v) is 4.80. The second kappa shape index (κ2) is 7.61. The molecule has 140 valence electrons. The first-order valence-electron chi connectivity index (χ1n) is 8.54. The monoisotopic (exact) mass is 392 g/mol. The van der Waals surface area contributed by atoms with E-state index in [2.05, 4.69) is 20.6 Å². The Balaban J connectivity index is 1.50. The fourth-order valence-corrected chi connectivity index (χ4v) is 3.43. The molecule has 0 spiro atoms. The summed E-state index contributed by atoms with van der Waals surface area (Å²) >= 11 is 1.31. The number of fused-ring (bicyclic) bond motifs is 1. The summed E-state index contributed by atoms with van der Waals surface area (Å²) in [5.41, 5.74) is 1.92. The van der Waals surface area contributed by atoms with E-state index in [0.29, 0.717) is 34.5 Å². The normalized spacial score (nSPS) is 10.8. The van der Waals surface area contributed by atoms with Gasteiger partial charge in [0.05, 0.1) is 12.1 Å². The smallest absolute Gasteiger partial charge is 0.258 e. The predicted molar refractivity (Wildman–Crippen MR) is 107 cm³/mol. The Morgan fingerprint density at radius 3 is 2.89 bits per heavy atom. The molecular formula is C20H16N4O3S. The van der Waals surface area contributed by atoms with Crippen LogP contribution in [0.25, 0.3) is 22.4 Å². The average Bonchev–Trinajstić information content (AvgIpc) is 3.35. The molecule has 0 saturated carbocycles. The molecule has 4 aromatic rings. The molecule has 0 saturated heterocycles. The highest BCUT2D eigenvalue weighted by atomic mass is 32.1. The van der Waals surface area contributed by atoms with E-state index in [1.54, 1.807) is 41.9 Å². The zero-order chi connectivity index (χ0) is 19.5. The molecule has 0 aliphatic heterocycles. The van der Waals surface area contributed by atoms with Crippen LogP contribution in [-0.2, 0) is 11.3 Å².